The number of rotatable bonds is 6. The van der Waals surface area contributed by atoms with E-state index in [2.05, 4.69) is 26.6 Å². The second kappa shape index (κ2) is 9.09. The molecule has 1 atom stereocenters. The number of carboxylic acids is 1. The van der Waals surface area contributed by atoms with Gasteiger partial charge in [0.2, 0.25) is 5.91 Å². The lowest BCUT2D eigenvalue weighted by atomic mass is 10.0. The second-order valence-corrected chi connectivity index (χ2v) is 7.72. The molecule has 0 spiro atoms. The summed E-state index contributed by atoms with van der Waals surface area (Å²) >= 11 is 9.08. The van der Waals surface area contributed by atoms with E-state index in [1.807, 2.05) is 0 Å². The van der Waals surface area contributed by atoms with Crippen molar-refractivity contribution in [3.8, 4) is 5.75 Å². The number of ether oxygens (including phenoxy) is 1. The van der Waals surface area contributed by atoms with E-state index in [0.29, 0.717) is 4.47 Å². The van der Waals surface area contributed by atoms with Gasteiger partial charge in [-0.25, -0.2) is 4.79 Å². The smallest absolute Gasteiger partial charge is 0.408 e. The number of phenolic OH excluding ortho intramolecular Hbond substituents is 1. The summed E-state index contributed by atoms with van der Waals surface area (Å²) in [5.41, 5.74) is -0.581. The Bertz CT molecular complexity index is 705. The van der Waals surface area contributed by atoms with E-state index in [-0.39, 0.29) is 16.3 Å². The van der Waals surface area contributed by atoms with Crippen molar-refractivity contribution in [2.24, 2.45) is 0 Å². The number of nitrogens with one attached hydrogen (secondary N) is 2. The van der Waals surface area contributed by atoms with E-state index in [9.17, 15) is 19.5 Å². The lowest BCUT2D eigenvalue weighted by molar-refractivity contribution is -0.137. The maximum atomic E-state index is 12.1. The number of hydrogen-bond acceptors (Lipinski definition) is 5. The number of amides is 2. The Labute approximate surface area is 164 Å². The van der Waals surface area contributed by atoms with Gasteiger partial charge in [-0.15, -0.1) is 0 Å². The van der Waals surface area contributed by atoms with Gasteiger partial charge >= 0.3 is 12.1 Å². The minimum atomic E-state index is -1.19. The van der Waals surface area contributed by atoms with Crippen molar-refractivity contribution in [2.75, 3.05) is 6.54 Å². The molecule has 0 aliphatic heterocycles. The Morgan fingerprint density at radius 1 is 1.31 bits per heavy atom. The van der Waals surface area contributed by atoms with Crippen molar-refractivity contribution < 1.29 is 29.3 Å². The summed E-state index contributed by atoms with van der Waals surface area (Å²) in [7, 11) is 0. The molecular weight excluding hydrogens is 432 g/mol. The quantitative estimate of drug-likeness (QED) is 0.527. The molecule has 0 radical (unpaired) electrons. The summed E-state index contributed by atoms with van der Waals surface area (Å²) in [5, 5.41) is 23.9. The molecule has 0 aromatic heterocycles. The summed E-state index contributed by atoms with van der Waals surface area (Å²) in [5.74, 6) is -2.18. The highest BCUT2D eigenvalue weighted by Gasteiger charge is 2.23. The Hall–Kier alpha value is -2.00. The van der Waals surface area contributed by atoms with Crippen LogP contribution in [0.5, 0.6) is 5.75 Å². The van der Waals surface area contributed by atoms with Crippen molar-refractivity contribution in [1.29, 1.82) is 0 Å². The summed E-state index contributed by atoms with van der Waals surface area (Å²) in [6.45, 7) is 4.60. The fourth-order valence-electron chi connectivity index (χ4n) is 1.98. The number of carbonyl (C=O) groups excluding carboxylic acids is 2. The van der Waals surface area contributed by atoms with Gasteiger partial charge < -0.3 is 25.6 Å². The van der Waals surface area contributed by atoms with Gasteiger partial charge in [-0.2, -0.15) is 0 Å². The molecule has 8 nitrogen and oxygen atoms in total. The third-order valence-electron chi connectivity index (χ3n) is 2.94. The number of carboxylic acid groups (broad SMARTS) is 1. The minimum absolute atomic E-state index is 0.00546. The van der Waals surface area contributed by atoms with Crippen LogP contribution in [0.2, 0.25) is 5.02 Å². The monoisotopic (exact) mass is 450 g/mol. The first-order valence-corrected chi connectivity index (χ1v) is 8.72. The van der Waals surface area contributed by atoms with Crippen LogP contribution in [0.1, 0.15) is 38.8 Å². The normalized spacial score (nSPS) is 12.2. The Balaban J connectivity index is 2.84. The Morgan fingerprint density at radius 2 is 1.92 bits per heavy atom. The summed E-state index contributed by atoms with van der Waals surface area (Å²) in [6, 6.07) is 1.84. The van der Waals surface area contributed by atoms with Crippen molar-refractivity contribution in [3.05, 3.63) is 27.2 Å². The van der Waals surface area contributed by atoms with Crippen LogP contribution in [0.3, 0.4) is 0 Å². The van der Waals surface area contributed by atoms with E-state index < -0.39 is 42.6 Å². The second-order valence-electron chi connectivity index (χ2n) is 6.40. The van der Waals surface area contributed by atoms with Gasteiger partial charge in [0.25, 0.3) is 0 Å². The zero-order valence-corrected chi connectivity index (χ0v) is 16.8. The predicted octanol–water partition coefficient (Wildman–Crippen LogP) is 2.96. The van der Waals surface area contributed by atoms with Gasteiger partial charge in [0.15, 0.2) is 0 Å². The molecule has 2 amide bonds. The molecule has 1 aromatic carbocycles. The number of phenols is 1. The fraction of sp³-hybridized carbons (Fsp3) is 0.438. The Morgan fingerprint density at radius 3 is 2.46 bits per heavy atom. The van der Waals surface area contributed by atoms with Gasteiger partial charge in [-0.05, 0) is 32.9 Å². The summed E-state index contributed by atoms with van der Waals surface area (Å²) in [4.78, 5) is 34.7. The zero-order valence-electron chi connectivity index (χ0n) is 14.4. The molecule has 0 saturated heterocycles. The molecule has 0 aliphatic carbocycles. The van der Waals surface area contributed by atoms with E-state index in [1.54, 1.807) is 20.8 Å². The highest BCUT2D eigenvalue weighted by atomic mass is 79.9. The molecule has 26 heavy (non-hydrogen) atoms. The first-order valence-electron chi connectivity index (χ1n) is 7.55. The highest BCUT2D eigenvalue weighted by Crippen LogP contribution is 2.36. The van der Waals surface area contributed by atoms with Gasteiger partial charge in [0.1, 0.15) is 17.9 Å². The van der Waals surface area contributed by atoms with Crippen LogP contribution in [0, 0.1) is 0 Å². The highest BCUT2D eigenvalue weighted by molar-refractivity contribution is 9.10. The molecule has 1 rings (SSSR count). The van der Waals surface area contributed by atoms with Gasteiger partial charge in [0, 0.05) is 10.0 Å². The number of alkyl carbamates (subject to hydrolysis) is 1. The van der Waals surface area contributed by atoms with Gasteiger partial charge in [0.05, 0.1) is 17.5 Å². The number of aromatic hydroxyl groups is 1. The predicted molar refractivity (Wildman–Crippen MR) is 98.2 cm³/mol. The van der Waals surface area contributed by atoms with Crippen molar-refractivity contribution in [1.82, 2.24) is 10.6 Å². The van der Waals surface area contributed by atoms with Crippen LogP contribution < -0.4 is 10.6 Å². The number of benzene rings is 1. The third-order valence-corrected chi connectivity index (χ3v) is 3.69. The summed E-state index contributed by atoms with van der Waals surface area (Å²) < 4.78 is 5.51. The topological polar surface area (TPSA) is 125 Å². The molecular formula is C16H20BrClN2O6. The number of carbonyl (C=O) groups is 3. The average molecular weight is 452 g/mol. The van der Waals surface area contributed by atoms with Crippen LogP contribution in [-0.4, -0.2) is 40.3 Å². The minimum Gasteiger partial charge on any atom is -0.506 e. The van der Waals surface area contributed by atoms with E-state index >= 15 is 0 Å². The third kappa shape index (κ3) is 7.49. The first kappa shape index (κ1) is 22.0. The van der Waals surface area contributed by atoms with Crippen LogP contribution in [-0.2, 0) is 14.3 Å². The largest absolute Gasteiger partial charge is 0.506 e. The maximum absolute atomic E-state index is 12.1. The molecule has 1 aromatic rings. The molecule has 4 N–H and O–H groups in total. The lowest BCUT2D eigenvalue weighted by Gasteiger charge is -2.21. The standard InChI is InChI=1S/C16H20BrClN2O6/c1-16(2,3)26-15(25)19-7-12(21)20-11(6-13(22)23)9-4-8(17)5-10(18)14(9)24/h4-5,11,24H,6-7H2,1-3H3,(H,19,25)(H,20,21)(H,22,23)/t11-/m0/s1. The lowest BCUT2D eigenvalue weighted by Crippen LogP contribution is -2.41. The average Bonchev–Trinajstić information content (AvgIpc) is 2.46. The molecule has 0 fully saturated rings. The molecule has 144 valence electrons. The number of hydrogen-bond donors (Lipinski definition) is 4. The molecule has 0 heterocycles. The van der Waals surface area contributed by atoms with Crippen molar-refractivity contribution >= 4 is 45.5 Å². The number of aliphatic carboxylic acids is 1. The van der Waals surface area contributed by atoms with Crippen LogP contribution >= 0.6 is 27.5 Å². The molecule has 10 heteroatoms. The van der Waals surface area contributed by atoms with Crippen LogP contribution in [0.25, 0.3) is 0 Å². The molecule has 0 unspecified atom stereocenters. The van der Waals surface area contributed by atoms with E-state index in [4.69, 9.17) is 21.4 Å². The maximum Gasteiger partial charge on any atom is 0.408 e. The molecule has 0 bridgehead atoms. The first-order chi connectivity index (χ1) is 11.9. The fourth-order valence-corrected chi connectivity index (χ4v) is 2.81. The van der Waals surface area contributed by atoms with Gasteiger partial charge in [-0.3, -0.25) is 9.59 Å². The van der Waals surface area contributed by atoms with Crippen LogP contribution in [0.15, 0.2) is 16.6 Å². The van der Waals surface area contributed by atoms with Crippen molar-refractivity contribution in [3.63, 3.8) is 0 Å². The zero-order chi connectivity index (χ0) is 20.1. The molecule has 0 saturated carbocycles. The number of halogens is 2. The Kier molecular flexibility index (Phi) is 7.70. The van der Waals surface area contributed by atoms with E-state index in [1.165, 1.54) is 12.1 Å². The van der Waals surface area contributed by atoms with Crippen molar-refractivity contribution in [2.45, 2.75) is 38.8 Å². The molecule has 0 aliphatic rings. The van der Waals surface area contributed by atoms with Crippen LogP contribution in [0.4, 0.5) is 4.79 Å². The van der Waals surface area contributed by atoms with E-state index in [0.717, 1.165) is 0 Å². The van der Waals surface area contributed by atoms with Gasteiger partial charge in [-0.1, -0.05) is 27.5 Å². The SMILES string of the molecule is CC(C)(C)OC(=O)NCC(=O)N[C@@H](CC(=O)O)c1cc(Br)cc(Cl)c1O. The summed E-state index contributed by atoms with van der Waals surface area (Å²) in [6.07, 6.45) is -1.27.